The summed E-state index contributed by atoms with van der Waals surface area (Å²) in [4.78, 5) is 2.80. The van der Waals surface area contributed by atoms with E-state index in [-0.39, 0.29) is 12.4 Å². The summed E-state index contributed by atoms with van der Waals surface area (Å²) in [6, 6.07) is 0.582. The molecule has 0 aromatic heterocycles. The van der Waals surface area contributed by atoms with Crippen molar-refractivity contribution in [3.63, 3.8) is 0 Å². The first kappa shape index (κ1) is 15.8. The topological polar surface area (TPSA) is 15.3 Å². The van der Waals surface area contributed by atoms with Crippen LogP contribution in [0.2, 0.25) is 0 Å². The Hall–Kier alpha value is -1.41. The molecule has 3 atom stereocenters. The van der Waals surface area contributed by atoms with Gasteiger partial charge in [-0.3, -0.25) is 0 Å². The summed E-state index contributed by atoms with van der Waals surface area (Å²) in [6.45, 7) is 0.984. The summed E-state index contributed by atoms with van der Waals surface area (Å²) in [5.41, 5.74) is 8.23. The molecule has 1 saturated carbocycles. The first-order valence-corrected chi connectivity index (χ1v) is 9.94. The highest BCUT2D eigenvalue weighted by Gasteiger charge is 2.49. The third kappa shape index (κ3) is 2.23. The summed E-state index contributed by atoms with van der Waals surface area (Å²) < 4.78 is 0. The number of fused-ring (bicyclic) bond motifs is 5. The van der Waals surface area contributed by atoms with Crippen LogP contribution in [-0.4, -0.2) is 17.5 Å². The number of hydrogen-bond acceptors (Lipinski definition) is 2. The lowest BCUT2D eigenvalue weighted by Gasteiger charge is -2.37. The van der Waals surface area contributed by atoms with Gasteiger partial charge in [-0.15, -0.1) is 12.4 Å². The van der Waals surface area contributed by atoms with Gasteiger partial charge in [0.25, 0.3) is 0 Å². The highest BCUT2D eigenvalue weighted by Crippen LogP contribution is 2.57. The van der Waals surface area contributed by atoms with E-state index in [1.807, 2.05) is 0 Å². The fourth-order valence-corrected chi connectivity index (χ4v) is 5.93. The van der Waals surface area contributed by atoms with Crippen LogP contribution in [0.4, 0.5) is 0 Å². The summed E-state index contributed by atoms with van der Waals surface area (Å²) >= 11 is 0. The summed E-state index contributed by atoms with van der Waals surface area (Å²) in [7, 11) is 0. The summed E-state index contributed by atoms with van der Waals surface area (Å²) in [6.07, 6.45) is 21.6. The van der Waals surface area contributed by atoms with Gasteiger partial charge in [0.2, 0.25) is 0 Å². The standard InChI is InChI=1S/C22H26N2.ClH/c1-2-4-20-15(3-1)7-8-17-16(14-5-6-14)9-10-18-19-13-23-12-11-21(19)24(20)22(17)18;/h1,3,7,11,13-14,16,18,20,23H,2,4-6,8-10,12H2;1H. The molecule has 25 heavy (non-hydrogen) atoms. The molecule has 132 valence electrons. The van der Waals surface area contributed by atoms with Crippen LogP contribution in [0, 0.1) is 17.8 Å². The quantitative estimate of drug-likeness (QED) is 0.725. The molecule has 0 radical (unpaired) electrons. The highest BCUT2D eigenvalue weighted by atomic mass is 35.5. The second-order valence-electron chi connectivity index (χ2n) is 8.36. The fourth-order valence-electron chi connectivity index (χ4n) is 5.93. The fraction of sp³-hybridized carbons (Fsp3) is 0.545. The van der Waals surface area contributed by atoms with Crippen LogP contribution in [-0.2, 0) is 0 Å². The molecule has 2 fully saturated rings. The van der Waals surface area contributed by atoms with Crippen LogP contribution in [0.15, 0.2) is 58.6 Å². The van der Waals surface area contributed by atoms with Crippen molar-refractivity contribution >= 4 is 12.4 Å². The molecule has 0 aromatic rings. The van der Waals surface area contributed by atoms with Crippen molar-refractivity contribution in [1.29, 1.82) is 0 Å². The van der Waals surface area contributed by atoms with Crippen LogP contribution < -0.4 is 5.32 Å². The maximum absolute atomic E-state index is 3.49. The number of halogens is 1. The Balaban J connectivity index is 0.00000140. The Kier molecular flexibility index (Phi) is 3.67. The first-order valence-electron chi connectivity index (χ1n) is 9.94. The van der Waals surface area contributed by atoms with Crippen LogP contribution in [0.3, 0.4) is 0 Å². The van der Waals surface area contributed by atoms with Crippen LogP contribution in [0.1, 0.15) is 44.9 Å². The van der Waals surface area contributed by atoms with Crippen molar-refractivity contribution in [3.05, 3.63) is 58.6 Å². The van der Waals surface area contributed by atoms with Crippen molar-refractivity contribution in [3.8, 4) is 0 Å². The van der Waals surface area contributed by atoms with Crippen molar-refractivity contribution < 1.29 is 0 Å². The van der Waals surface area contributed by atoms with E-state index in [1.165, 1.54) is 50.6 Å². The molecular weight excluding hydrogens is 328 g/mol. The summed E-state index contributed by atoms with van der Waals surface area (Å²) in [5, 5.41) is 3.49. The lowest BCUT2D eigenvalue weighted by atomic mass is 9.75. The van der Waals surface area contributed by atoms with Gasteiger partial charge in [0.15, 0.2) is 0 Å². The van der Waals surface area contributed by atoms with Crippen molar-refractivity contribution in [2.45, 2.75) is 51.0 Å². The monoisotopic (exact) mass is 354 g/mol. The number of nitrogens with zero attached hydrogens (tertiary/aromatic N) is 1. The molecular formula is C22H27ClN2. The van der Waals surface area contributed by atoms with E-state index in [0.29, 0.717) is 12.0 Å². The Morgan fingerprint density at radius 1 is 1.04 bits per heavy atom. The predicted molar refractivity (Wildman–Crippen MR) is 104 cm³/mol. The zero-order valence-corrected chi connectivity index (χ0v) is 15.5. The minimum atomic E-state index is 0. The Morgan fingerprint density at radius 2 is 1.96 bits per heavy atom. The van der Waals surface area contributed by atoms with Crippen LogP contribution >= 0.6 is 12.4 Å². The largest absolute Gasteiger partial charge is 0.387 e. The van der Waals surface area contributed by atoms with E-state index >= 15 is 0 Å². The van der Waals surface area contributed by atoms with Gasteiger partial charge in [-0.05, 0) is 74.0 Å². The Morgan fingerprint density at radius 3 is 2.84 bits per heavy atom. The van der Waals surface area contributed by atoms with E-state index < -0.39 is 0 Å². The maximum atomic E-state index is 3.49. The van der Waals surface area contributed by atoms with E-state index in [2.05, 4.69) is 40.7 Å². The molecule has 0 aromatic carbocycles. The van der Waals surface area contributed by atoms with Crippen molar-refractivity contribution in [1.82, 2.24) is 10.2 Å². The van der Waals surface area contributed by atoms with Gasteiger partial charge in [0, 0.05) is 35.6 Å². The third-order valence-corrected chi connectivity index (χ3v) is 7.10. The predicted octanol–water partition coefficient (Wildman–Crippen LogP) is 4.83. The van der Waals surface area contributed by atoms with E-state index in [4.69, 9.17) is 0 Å². The van der Waals surface area contributed by atoms with E-state index in [9.17, 15) is 0 Å². The van der Waals surface area contributed by atoms with Gasteiger partial charge >= 0.3 is 0 Å². The molecule has 0 bridgehead atoms. The minimum absolute atomic E-state index is 0. The number of dihydropyridines is 1. The number of rotatable bonds is 1. The Labute approximate surface area is 156 Å². The number of hydrogen-bond donors (Lipinski definition) is 1. The van der Waals surface area contributed by atoms with E-state index in [1.54, 1.807) is 22.4 Å². The molecule has 3 unspecified atom stereocenters. The molecule has 0 amide bonds. The molecule has 6 aliphatic rings. The van der Waals surface area contributed by atoms with Gasteiger partial charge in [-0.1, -0.05) is 18.2 Å². The van der Waals surface area contributed by atoms with Crippen molar-refractivity contribution in [2.24, 2.45) is 17.8 Å². The van der Waals surface area contributed by atoms with Crippen LogP contribution in [0.5, 0.6) is 0 Å². The van der Waals surface area contributed by atoms with Gasteiger partial charge in [0.05, 0.1) is 6.04 Å². The molecule has 3 heterocycles. The van der Waals surface area contributed by atoms with Crippen LogP contribution in [0.25, 0.3) is 0 Å². The lowest BCUT2D eigenvalue weighted by Crippen LogP contribution is -2.35. The second-order valence-corrected chi connectivity index (χ2v) is 8.36. The molecule has 0 spiro atoms. The van der Waals surface area contributed by atoms with Gasteiger partial charge in [-0.25, -0.2) is 0 Å². The second kappa shape index (κ2) is 5.81. The first-order chi connectivity index (χ1) is 11.9. The minimum Gasteiger partial charge on any atom is -0.387 e. The highest BCUT2D eigenvalue weighted by molar-refractivity contribution is 5.85. The smallest absolute Gasteiger partial charge is 0.0588 e. The Bertz CT molecular complexity index is 750. The van der Waals surface area contributed by atoms with Gasteiger partial charge < -0.3 is 10.2 Å². The molecule has 1 saturated heterocycles. The number of nitrogens with one attached hydrogen (secondary N) is 1. The molecule has 3 heteroatoms. The molecule has 2 nitrogen and oxygen atoms in total. The zero-order chi connectivity index (χ0) is 15.7. The van der Waals surface area contributed by atoms with Gasteiger partial charge in [0.1, 0.15) is 0 Å². The van der Waals surface area contributed by atoms with Crippen molar-refractivity contribution in [2.75, 3.05) is 6.54 Å². The molecule has 6 rings (SSSR count). The number of allylic oxidation sites excluding steroid dienone is 5. The molecule has 3 aliphatic heterocycles. The SMILES string of the molecule is C1=CC2=CCC3=C4C(CCC3C3CC3)C3=CNCC=C3N4C2CC1.Cl. The average molecular weight is 355 g/mol. The lowest BCUT2D eigenvalue weighted by molar-refractivity contribution is 0.312. The zero-order valence-electron chi connectivity index (χ0n) is 14.7. The van der Waals surface area contributed by atoms with E-state index in [0.717, 1.165) is 18.4 Å². The maximum Gasteiger partial charge on any atom is 0.0588 e. The average Bonchev–Trinajstić information content (AvgIpc) is 3.43. The molecule has 1 N–H and O–H groups in total. The third-order valence-electron chi connectivity index (χ3n) is 7.10. The summed E-state index contributed by atoms with van der Waals surface area (Å²) in [5.74, 6) is 2.52. The molecule has 3 aliphatic carbocycles. The normalized spacial score (nSPS) is 35.3. The van der Waals surface area contributed by atoms with Gasteiger partial charge in [-0.2, -0.15) is 0 Å².